The standard InChI is InChI=1S/C11H15BrN4O/c1-2-5-16-11(17)10(12)9(7-14-16)15-8-3-4-13-6-8/h2,7-8,13,15H,1,3-6H2. The second kappa shape index (κ2) is 5.46. The van der Waals surface area contributed by atoms with Crippen LogP contribution in [0, 0.1) is 0 Å². The molecular formula is C11H15BrN4O. The molecule has 92 valence electrons. The molecule has 5 nitrogen and oxygen atoms in total. The Bertz CT molecular complexity index is 465. The molecule has 1 unspecified atom stereocenters. The van der Waals surface area contributed by atoms with E-state index < -0.39 is 0 Å². The maximum absolute atomic E-state index is 11.9. The summed E-state index contributed by atoms with van der Waals surface area (Å²) in [6.45, 7) is 5.94. The van der Waals surface area contributed by atoms with E-state index in [-0.39, 0.29) is 5.56 Å². The Labute approximate surface area is 108 Å². The molecule has 1 fully saturated rings. The molecule has 0 saturated carbocycles. The van der Waals surface area contributed by atoms with E-state index >= 15 is 0 Å². The van der Waals surface area contributed by atoms with Gasteiger partial charge < -0.3 is 10.6 Å². The van der Waals surface area contributed by atoms with Gasteiger partial charge >= 0.3 is 0 Å². The van der Waals surface area contributed by atoms with Crippen molar-refractivity contribution in [2.24, 2.45) is 0 Å². The zero-order valence-electron chi connectivity index (χ0n) is 9.45. The van der Waals surface area contributed by atoms with Gasteiger partial charge in [0.25, 0.3) is 5.56 Å². The van der Waals surface area contributed by atoms with Gasteiger partial charge in [-0.1, -0.05) is 6.08 Å². The van der Waals surface area contributed by atoms with E-state index in [1.54, 1.807) is 12.3 Å². The number of halogens is 1. The van der Waals surface area contributed by atoms with E-state index in [0.29, 0.717) is 17.1 Å². The minimum Gasteiger partial charge on any atom is -0.379 e. The van der Waals surface area contributed by atoms with E-state index in [9.17, 15) is 4.79 Å². The number of hydrogen-bond acceptors (Lipinski definition) is 4. The van der Waals surface area contributed by atoms with Crippen molar-refractivity contribution in [3.05, 3.63) is 33.7 Å². The van der Waals surface area contributed by atoms with Gasteiger partial charge in [-0.15, -0.1) is 6.58 Å². The lowest BCUT2D eigenvalue weighted by atomic mass is 10.2. The zero-order chi connectivity index (χ0) is 12.3. The van der Waals surface area contributed by atoms with Crippen LogP contribution < -0.4 is 16.2 Å². The molecule has 2 heterocycles. The Morgan fingerprint density at radius 1 is 1.76 bits per heavy atom. The largest absolute Gasteiger partial charge is 0.379 e. The van der Waals surface area contributed by atoms with Crippen molar-refractivity contribution in [1.29, 1.82) is 0 Å². The third-order valence-corrected chi connectivity index (χ3v) is 3.47. The van der Waals surface area contributed by atoms with Crippen LogP contribution >= 0.6 is 15.9 Å². The Morgan fingerprint density at radius 3 is 3.24 bits per heavy atom. The van der Waals surface area contributed by atoms with Crippen molar-refractivity contribution in [2.45, 2.75) is 19.0 Å². The van der Waals surface area contributed by atoms with Crippen LogP contribution in [0.1, 0.15) is 6.42 Å². The molecule has 1 aliphatic heterocycles. The Morgan fingerprint density at radius 2 is 2.59 bits per heavy atom. The number of nitrogens with zero attached hydrogens (tertiary/aromatic N) is 2. The van der Waals surface area contributed by atoms with Crippen molar-refractivity contribution in [2.75, 3.05) is 18.4 Å². The second-order valence-electron chi connectivity index (χ2n) is 3.98. The molecule has 0 bridgehead atoms. The van der Waals surface area contributed by atoms with Crippen molar-refractivity contribution in [3.8, 4) is 0 Å². The lowest BCUT2D eigenvalue weighted by Gasteiger charge is -2.14. The van der Waals surface area contributed by atoms with E-state index in [1.807, 2.05) is 0 Å². The van der Waals surface area contributed by atoms with Crippen LogP contribution in [0.5, 0.6) is 0 Å². The summed E-state index contributed by atoms with van der Waals surface area (Å²) in [6, 6.07) is 0.364. The first kappa shape index (κ1) is 12.3. The number of aromatic nitrogens is 2. The summed E-state index contributed by atoms with van der Waals surface area (Å²) in [5.74, 6) is 0. The summed E-state index contributed by atoms with van der Waals surface area (Å²) < 4.78 is 1.90. The average molecular weight is 299 g/mol. The molecule has 1 aromatic rings. The Balaban J connectivity index is 2.20. The Kier molecular flexibility index (Phi) is 3.96. The van der Waals surface area contributed by atoms with Gasteiger partial charge in [-0.2, -0.15) is 5.10 Å². The first-order chi connectivity index (χ1) is 8.22. The van der Waals surface area contributed by atoms with Crippen molar-refractivity contribution in [3.63, 3.8) is 0 Å². The molecule has 0 spiro atoms. The first-order valence-electron chi connectivity index (χ1n) is 5.56. The minimum atomic E-state index is -0.138. The first-order valence-corrected chi connectivity index (χ1v) is 6.35. The molecule has 0 aliphatic carbocycles. The molecule has 17 heavy (non-hydrogen) atoms. The molecule has 1 aromatic heterocycles. The van der Waals surface area contributed by atoms with Crippen molar-refractivity contribution in [1.82, 2.24) is 15.1 Å². The summed E-state index contributed by atoms with van der Waals surface area (Å²) in [5, 5.41) is 10.7. The normalized spacial score (nSPS) is 19.2. The summed E-state index contributed by atoms with van der Waals surface area (Å²) in [7, 11) is 0. The molecule has 1 saturated heterocycles. The zero-order valence-corrected chi connectivity index (χ0v) is 11.0. The molecular weight excluding hydrogens is 284 g/mol. The van der Waals surface area contributed by atoms with E-state index in [1.165, 1.54) is 4.68 Å². The smallest absolute Gasteiger partial charge is 0.283 e. The van der Waals surface area contributed by atoms with Crippen LogP contribution in [0.2, 0.25) is 0 Å². The Hall–Kier alpha value is -1.14. The molecule has 1 aliphatic rings. The van der Waals surface area contributed by atoms with E-state index in [2.05, 4.69) is 38.2 Å². The quantitative estimate of drug-likeness (QED) is 0.813. The van der Waals surface area contributed by atoms with Gasteiger partial charge in [0, 0.05) is 12.6 Å². The van der Waals surface area contributed by atoms with Crippen LogP contribution in [0.4, 0.5) is 5.69 Å². The van der Waals surface area contributed by atoms with Crippen LogP contribution in [0.15, 0.2) is 28.1 Å². The van der Waals surface area contributed by atoms with Crippen molar-refractivity contribution >= 4 is 21.6 Å². The summed E-state index contributed by atoms with van der Waals surface area (Å²) >= 11 is 3.32. The van der Waals surface area contributed by atoms with Crippen LogP contribution in [-0.2, 0) is 6.54 Å². The van der Waals surface area contributed by atoms with E-state index in [4.69, 9.17) is 0 Å². The van der Waals surface area contributed by atoms with Crippen LogP contribution in [-0.4, -0.2) is 28.9 Å². The molecule has 6 heteroatoms. The third-order valence-electron chi connectivity index (χ3n) is 2.71. The minimum absolute atomic E-state index is 0.138. The van der Waals surface area contributed by atoms with Gasteiger partial charge in [0.05, 0.1) is 18.4 Å². The number of rotatable bonds is 4. The average Bonchev–Trinajstić information content (AvgIpc) is 2.82. The highest BCUT2D eigenvalue weighted by Gasteiger charge is 2.16. The monoisotopic (exact) mass is 298 g/mol. The number of anilines is 1. The van der Waals surface area contributed by atoms with E-state index in [0.717, 1.165) is 25.2 Å². The molecule has 2 N–H and O–H groups in total. The topological polar surface area (TPSA) is 59.0 Å². The number of nitrogens with one attached hydrogen (secondary N) is 2. The van der Waals surface area contributed by atoms with Crippen LogP contribution in [0.25, 0.3) is 0 Å². The summed E-state index contributed by atoms with van der Waals surface area (Å²) in [4.78, 5) is 11.9. The number of hydrogen-bond donors (Lipinski definition) is 2. The predicted molar refractivity (Wildman–Crippen MR) is 71.3 cm³/mol. The second-order valence-corrected chi connectivity index (χ2v) is 4.78. The fourth-order valence-electron chi connectivity index (χ4n) is 1.82. The molecule has 0 radical (unpaired) electrons. The molecule has 1 atom stereocenters. The lowest BCUT2D eigenvalue weighted by Crippen LogP contribution is -2.27. The highest BCUT2D eigenvalue weighted by Crippen LogP contribution is 2.18. The predicted octanol–water partition coefficient (Wildman–Crippen LogP) is 0.966. The van der Waals surface area contributed by atoms with Gasteiger partial charge in [-0.05, 0) is 28.9 Å². The fraction of sp³-hybridized carbons (Fsp3) is 0.455. The SMILES string of the molecule is C=CCn1ncc(NC2CCNC2)c(Br)c1=O. The summed E-state index contributed by atoms with van der Waals surface area (Å²) in [5.41, 5.74) is 0.616. The fourth-order valence-corrected chi connectivity index (χ4v) is 2.24. The summed E-state index contributed by atoms with van der Waals surface area (Å²) in [6.07, 6.45) is 4.38. The highest BCUT2D eigenvalue weighted by atomic mass is 79.9. The van der Waals surface area contributed by atoms with Gasteiger partial charge in [-0.3, -0.25) is 4.79 Å². The maximum Gasteiger partial charge on any atom is 0.283 e. The van der Waals surface area contributed by atoms with Gasteiger partial charge in [0.2, 0.25) is 0 Å². The van der Waals surface area contributed by atoms with Gasteiger partial charge in [0.1, 0.15) is 4.47 Å². The van der Waals surface area contributed by atoms with Gasteiger partial charge in [-0.25, -0.2) is 4.68 Å². The third kappa shape index (κ3) is 2.76. The van der Waals surface area contributed by atoms with Crippen molar-refractivity contribution < 1.29 is 0 Å². The number of allylic oxidation sites excluding steroid dienone is 1. The van der Waals surface area contributed by atoms with Crippen LogP contribution in [0.3, 0.4) is 0 Å². The maximum atomic E-state index is 11.9. The van der Waals surface area contributed by atoms with Gasteiger partial charge in [0.15, 0.2) is 0 Å². The molecule has 2 rings (SSSR count). The lowest BCUT2D eigenvalue weighted by molar-refractivity contribution is 0.647. The highest BCUT2D eigenvalue weighted by molar-refractivity contribution is 9.10. The molecule has 0 amide bonds. The molecule has 0 aromatic carbocycles.